The molecule has 1 aromatic carbocycles. The Morgan fingerprint density at radius 2 is 1.91 bits per heavy atom. The van der Waals surface area contributed by atoms with E-state index in [1.807, 2.05) is 12.1 Å². The molecule has 22 heavy (non-hydrogen) atoms. The summed E-state index contributed by atoms with van der Waals surface area (Å²) in [5, 5.41) is 14.6. The fourth-order valence-electron chi connectivity index (χ4n) is 2.66. The standard InChI is InChI=1S/C16H17N3O3/c1-12-16(19(20)21)15(22-17-12)9-6-13-4-7-14(8-5-13)18-10-2-3-11-18/h4-9H,2-3,10-11H2,1H3/b9-6-. The van der Waals surface area contributed by atoms with Gasteiger partial charge in [-0.3, -0.25) is 10.1 Å². The number of aromatic nitrogens is 1. The summed E-state index contributed by atoms with van der Waals surface area (Å²) >= 11 is 0. The molecule has 1 aliphatic heterocycles. The largest absolute Gasteiger partial charge is 0.372 e. The van der Waals surface area contributed by atoms with E-state index < -0.39 is 4.92 Å². The maximum atomic E-state index is 11.0. The van der Waals surface area contributed by atoms with Gasteiger partial charge in [-0.1, -0.05) is 23.4 Å². The lowest BCUT2D eigenvalue weighted by atomic mass is 10.1. The highest BCUT2D eigenvalue weighted by Gasteiger charge is 2.21. The molecule has 0 saturated carbocycles. The molecule has 6 nitrogen and oxygen atoms in total. The van der Waals surface area contributed by atoms with Crippen LogP contribution in [0.3, 0.4) is 0 Å². The van der Waals surface area contributed by atoms with Gasteiger partial charge in [0.25, 0.3) is 0 Å². The summed E-state index contributed by atoms with van der Waals surface area (Å²) in [4.78, 5) is 12.9. The van der Waals surface area contributed by atoms with E-state index in [9.17, 15) is 10.1 Å². The van der Waals surface area contributed by atoms with E-state index in [4.69, 9.17) is 4.52 Å². The minimum atomic E-state index is -0.470. The van der Waals surface area contributed by atoms with Crippen molar-refractivity contribution in [1.29, 1.82) is 0 Å². The van der Waals surface area contributed by atoms with Gasteiger partial charge < -0.3 is 9.42 Å². The van der Waals surface area contributed by atoms with Crippen molar-refractivity contribution in [1.82, 2.24) is 5.16 Å². The van der Waals surface area contributed by atoms with Crippen LogP contribution in [-0.2, 0) is 0 Å². The molecule has 6 heteroatoms. The van der Waals surface area contributed by atoms with Crippen molar-refractivity contribution >= 4 is 23.5 Å². The Bertz CT molecular complexity index is 698. The molecule has 0 spiro atoms. The normalized spacial score (nSPS) is 14.9. The smallest absolute Gasteiger partial charge is 0.338 e. The zero-order chi connectivity index (χ0) is 15.5. The van der Waals surface area contributed by atoms with Crippen LogP contribution in [0.25, 0.3) is 12.2 Å². The predicted molar refractivity (Wildman–Crippen MR) is 84.7 cm³/mol. The van der Waals surface area contributed by atoms with E-state index in [-0.39, 0.29) is 17.1 Å². The van der Waals surface area contributed by atoms with Crippen LogP contribution in [0.15, 0.2) is 28.8 Å². The molecule has 1 fully saturated rings. The summed E-state index contributed by atoms with van der Waals surface area (Å²) < 4.78 is 5.00. The Morgan fingerprint density at radius 3 is 2.55 bits per heavy atom. The van der Waals surface area contributed by atoms with Gasteiger partial charge in [0.15, 0.2) is 5.69 Å². The molecule has 0 aliphatic carbocycles. The van der Waals surface area contributed by atoms with Crippen molar-refractivity contribution in [3.63, 3.8) is 0 Å². The van der Waals surface area contributed by atoms with Crippen LogP contribution in [0.4, 0.5) is 11.4 Å². The lowest BCUT2D eigenvalue weighted by Gasteiger charge is -2.17. The van der Waals surface area contributed by atoms with Gasteiger partial charge in [-0.15, -0.1) is 0 Å². The molecular formula is C16H17N3O3. The average molecular weight is 299 g/mol. The molecule has 3 rings (SSSR count). The van der Waals surface area contributed by atoms with Crippen molar-refractivity contribution < 1.29 is 9.45 Å². The molecule has 0 unspecified atom stereocenters. The van der Waals surface area contributed by atoms with Gasteiger partial charge in [0.05, 0.1) is 4.92 Å². The van der Waals surface area contributed by atoms with Gasteiger partial charge in [0.1, 0.15) is 0 Å². The van der Waals surface area contributed by atoms with Crippen molar-refractivity contribution in [3.05, 3.63) is 51.4 Å². The summed E-state index contributed by atoms with van der Waals surface area (Å²) in [5.74, 6) is 0.172. The van der Waals surface area contributed by atoms with Gasteiger partial charge in [0.2, 0.25) is 5.76 Å². The van der Waals surface area contributed by atoms with E-state index in [1.165, 1.54) is 18.5 Å². The summed E-state index contributed by atoms with van der Waals surface area (Å²) in [6, 6.07) is 8.15. The number of hydrogen-bond acceptors (Lipinski definition) is 5. The number of hydrogen-bond donors (Lipinski definition) is 0. The molecule has 1 aliphatic rings. The Labute approximate surface area is 128 Å². The molecular weight excluding hydrogens is 282 g/mol. The fourth-order valence-corrected chi connectivity index (χ4v) is 2.66. The number of benzene rings is 1. The van der Waals surface area contributed by atoms with Gasteiger partial charge in [-0.2, -0.15) is 0 Å². The minimum absolute atomic E-state index is 0.0788. The first-order valence-electron chi connectivity index (χ1n) is 7.29. The second-order valence-corrected chi connectivity index (χ2v) is 5.36. The van der Waals surface area contributed by atoms with Crippen molar-refractivity contribution in [2.24, 2.45) is 0 Å². The van der Waals surface area contributed by atoms with E-state index in [1.54, 1.807) is 19.1 Å². The van der Waals surface area contributed by atoms with Crippen LogP contribution in [0.1, 0.15) is 29.9 Å². The fraction of sp³-hybridized carbons (Fsp3) is 0.312. The Balaban J connectivity index is 1.77. The molecule has 0 N–H and O–H groups in total. The molecule has 0 amide bonds. The highest BCUT2D eigenvalue weighted by Crippen LogP contribution is 2.25. The molecule has 0 radical (unpaired) electrons. The first kappa shape index (κ1) is 14.3. The van der Waals surface area contributed by atoms with Crippen molar-refractivity contribution in [2.75, 3.05) is 18.0 Å². The van der Waals surface area contributed by atoms with E-state index >= 15 is 0 Å². The summed E-state index contributed by atoms with van der Waals surface area (Å²) in [6.45, 7) is 3.78. The lowest BCUT2D eigenvalue weighted by molar-refractivity contribution is -0.386. The summed E-state index contributed by atoms with van der Waals surface area (Å²) in [5.41, 5.74) is 2.39. The van der Waals surface area contributed by atoms with E-state index in [0.29, 0.717) is 0 Å². The molecule has 1 saturated heterocycles. The average Bonchev–Trinajstić information content (AvgIpc) is 3.15. The van der Waals surface area contributed by atoms with Gasteiger partial charge >= 0.3 is 5.69 Å². The van der Waals surface area contributed by atoms with Crippen LogP contribution < -0.4 is 4.90 Å². The van der Waals surface area contributed by atoms with Gasteiger partial charge in [-0.05, 0) is 43.5 Å². The van der Waals surface area contributed by atoms with Crippen LogP contribution in [0.5, 0.6) is 0 Å². The third-order valence-electron chi connectivity index (χ3n) is 3.83. The molecule has 2 heterocycles. The number of anilines is 1. The zero-order valence-electron chi connectivity index (χ0n) is 12.4. The quantitative estimate of drug-likeness (QED) is 0.636. The second kappa shape index (κ2) is 6.01. The van der Waals surface area contributed by atoms with E-state index in [0.717, 1.165) is 18.7 Å². The lowest BCUT2D eigenvalue weighted by Crippen LogP contribution is -2.17. The third-order valence-corrected chi connectivity index (χ3v) is 3.83. The Hall–Kier alpha value is -2.63. The van der Waals surface area contributed by atoms with Crippen molar-refractivity contribution in [3.8, 4) is 0 Å². The SMILES string of the molecule is Cc1noc(/C=C\c2ccc(N3CCCC3)cc2)c1[N+](=O)[O-]. The van der Waals surface area contributed by atoms with E-state index in [2.05, 4.69) is 22.2 Å². The number of nitrogens with zero attached hydrogens (tertiary/aromatic N) is 3. The van der Waals surface area contributed by atoms with Crippen molar-refractivity contribution in [2.45, 2.75) is 19.8 Å². The number of rotatable bonds is 4. The molecule has 114 valence electrons. The highest BCUT2D eigenvalue weighted by atomic mass is 16.6. The summed E-state index contributed by atoms with van der Waals surface area (Å²) in [6.07, 6.45) is 5.87. The highest BCUT2D eigenvalue weighted by molar-refractivity contribution is 5.72. The Morgan fingerprint density at radius 1 is 1.23 bits per heavy atom. The summed E-state index contributed by atoms with van der Waals surface area (Å²) in [7, 11) is 0. The molecule has 2 aromatic rings. The number of nitro groups is 1. The van der Waals surface area contributed by atoms with Gasteiger partial charge in [-0.25, -0.2) is 0 Å². The van der Waals surface area contributed by atoms with Gasteiger partial charge in [0, 0.05) is 18.8 Å². The maximum Gasteiger partial charge on any atom is 0.338 e. The molecule has 0 atom stereocenters. The molecule has 0 bridgehead atoms. The maximum absolute atomic E-state index is 11.0. The van der Waals surface area contributed by atoms with Crippen LogP contribution in [-0.4, -0.2) is 23.2 Å². The monoisotopic (exact) mass is 299 g/mol. The van der Waals surface area contributed by atoms with Crippen LogP contribution in [0.2, 0.25) is 0 Å². The van der Waals surface area contributed by atoms with Crippen LogP contribution >= 0.6 is 0 Å². The first-order valence-corrected chi connectivity index (χ1v) is 7.29. The first-order chi connectivity index (χ1) is 10.6. The third kappa shape index (κ3) is 2.86. The van der Waals surface area contributed by atoms with Crippen LogP contribution in [0, 0.1) is 17.0 Å². The zero-order valence-corrected chi connectivity index (χ0v) is 12.4. The number of aryl methyl sites for hydroxylation is 1. The Kier molecular flexibility index (Phi) is 3.91. The molecule has 1 aromatic heterocycles. The second-order valence-electron chi connectivity index (χ2n) is 5.36. The minimum Gasteiger partial charge on any atom is -0.372 e. The predicted octanol–water partition coefficient (Wildman–Crippen LogP) is 3.66. The topological polar surface area (TPSA) is 72.4 Å².